The van der Waals surface area contributed by atoms with Crippen LogP contribution in [0.4, 0.5) is 5.82 Å². The Morgan fingerprint density at radius 3 is 2.75 bits per heavy atom. The van der Waals surface area contributed by atoms with Crippen LogP contribution >= 0.6 is 0 Å². The standard InChI is InChI=1S/C10H9N7O3/c1-15-8(17(18)19)5-11-9(15)10-13-12-6-3-4-7(20-2)14-16(6)10/h3-5H,1-2H3. The van der Waals surface area contributed by atoms with Crippen molar-refractivity contribution in [2.75, 3.05) is 7.11 Å². The van der Waals surface area contributed by atoms with Crippen LogP contribution in [0.3, 0.4) is 0 Å². The molecule has 0 aliphatic carbocycles. The van der Waals surface area contributed by atoms with E-state index < -0.39 is 4.92 Å². The Hall–Kier alpha value is -3.04. The van der Waals surface area contributed by atoms with Gasteiger partial charge in [0.2, 0.25) is 11.7 Å². The van der Waals surface area contributed by atoms with Crippen molar-refractivity contribution in [1.82, 2.24) is 29.4 Å². The van der Waals surface area contributed by atoms with E-state index >= 15 is 0 Å². The molecule has 0 amide bonds. The zero-order chi connectivity index (χ0) is 14.3. The second-order valence-electron chi connectivity index (χ2n) is 3.93. The van der Waals surface area contributed by atoms with Gasteiger partial charge in [0.1, 0.15) is 6.20 Å². The van der Waals surface area contributed by atoms with E-state index in [1.807, 2.05) is 0 Å². The number of rotatable bonds is 3. The Kier molecular flexibility index (Phi) is 2.56. The van der Waals surface area contributed by atoms with Crippen LogP contribution in [0.1, 0.15) is 0 Å². The number of fused-ring (bicyclic) bond motifs is 1. The largest absolute Gasteiger partial charge is 0.480 e. The summed E-state index contributed by atoms with van der Waals surface area (Å²) in [6, 6.07) is 3.33. The zero-order valence-corrected chi connectivity index (χ0v) is 10.6. The van der Waals surface area contributed by atoms with E-state index in [0.717, 1.165) is 6.20 Å². The number of ether oxygens (including phenoxy) is 1. The van der Waals surface area contributed by atoms with Crippen molar-refractivity contribution in [3.05, 3.63) is 28.4 Å². The number of methoxy groups -OCH3 is 1. The van der Waals surface area contributed by atoms with Crippen LogP contribution in [-0.2, 0) is 7.05 Å². The molecular formula is C10H9N7O3. The lowest BCUT2D eigenvalue weighted by atomic mass is 10.5. The van der Waals surface area contributed by atoms with Gasteiger partial charge in [-0.15, -0.1) is 15.3 Å². The maximum Gasteiger partial charge on any atom is 0.343 e. The molecule has 3 aromatic rings. The third-order valence-corrected chi connectivity index (χ3v) is 2.80. The molecule has 0 atom stereocenters. The molecule has 3 heterocycles. The molecule has 20 heavy (non-hydrogen) atoms. The molecule has 0 radical (unpaired) electrons. The van der Waals surface area contributed by atoms with Crippen molar-refractivity contribution in [3.8, 4) is 17.5 Å². The van der Waals surface area contributed by atoms with Crippen molar-refractivity contribution < 1.29 is 9.66 Å². The van der Waals surface area contributed by atoms with Crippen molar-refractivity contribution in [3.63, 3.8) is 0 Å². The molecule has 10 nitrogen and oxygen atoms in total. The highest BCUT2D eigenvalue weighted by Gasteiger charge is 2.23. The number of aromatic nitrogens is 6. The Bertz CT molecular complexity index is 806. The second kappa shape index (κ2) is 4.26. The van der Waals surface area contributed by atoms with E-state index in [2.05, 4.69) is 20.3 Å². The molecule has 3 rings (SSSR count). The molecule has 0 saturated heterocycles. The fourth-order valence-electron chi connectivity index (χ4n) is 1.80. The number of imidazole rings is 1. The van der Waals surface area contributed by atoms with Crippen molar-refractivity contribution in [2.45, 2.75) is 0 Å². The van der Waals surface area contributed by atoms with Crippen LogP contribution in [0.25, 0.3) is 17.3 Å². The minimum atomic E-state index is -0.520. The van der Waals surface area contributed by atoms with E-state index in [0.29, 0.717) is 23.2 Å². The van der Waals surface area contributed by atoms with Gasteiger partial charge in [0.25, 0.3) is 5.82 Å². The van der Waals surface area contributed by atoms with Gasteiger partial charge in [-0.2, -0.15) is 4.52 Å². The van der Waals surface area contributed by atoms with Gasteiger partial charge in [-0.3, -0.25) is 0 Å². The van der Waals surface area contributed by atoms with Gasteiger partial charge in [0.05, 0.1) is 14.2 Å². The van der Waals surface area contributed by atoms with Gasteiger partial charge in [-0.1, -0.05) is 0 Å². The second-order valence-corrected chi connectivity index (χ2v) is 3.93. The van der Waals surface area contributed by atoms with Gasteiger partial charge in [0.15, 0.2) is 5.65 Å². The zero-order valence-electron chi connectivity index (χ0n) is 10.6. The molecule has 0 spiro atoms. The number of nitrogens with zero attached hydrogens (tertiary/aromatic N) is 7. The van der Waals surface area contributed by atoms with E-state index in [1.165, 1.54) is 23.2 Å². The molecule has 0 unspecified atom stereocenters. The average molecular weight is 275 g/mol. The van der Waals surface area contributed by atoms with E-state index in [1.54, 1.807) is 12.1 Å². The average Bonchev–Trinajstić information content (AvgIpc) is 3.01. The Balaban J connectivity index is 2.21. The summed E-state index contributed by atoms with van der Waals surface area (Å²) in [6.45, 7) is 0. The highest BCUT2D eigenvalue weighted by Crippen LogP contribution is 2.21. The molecule has 0 aromatic carbocycles. The quantitative estimate of drug-likeness (QED) is 0.503. The van der Waals surface area contributed by atoms with Crippen molar-refractivity contribution in [2.24, 2.45) is 7.05 Å². The molecule has 0 aliphatic rings. The molecule has 0 fully saturated rings. The van der Waals surface area contributed by atoms with Crippen LogP contribution in [0, 0.1) is 10.1 Å². The Labute approximate surface area is 111 Å². The van der Waals surface area contributed by atoms with Gasteiger partial charge in [-0.05, 0) is 11.0 Å². The minimum Gasteiger partial charge on any atom is -0.480 e. The first-order valence-corrected chi connectivity index (χ1v) is 5.54. The summed E-state index contributed by atoms with van der Waals surface area (Å²) >= 11 is 0. The summed E-state index contributed by atoms with van der Waals surface area (Å²) < 4.78 is 7.77. The normalized spacial score (nSPS) is 10.9. The predicted molar refractivity (Wildman–Crippen MR) is 66.2 cm³/mol. The Morgan fingerprint density at radius 1 is 1.30 bits per heavy atom. The van der Waals surface area contributed by atoms with Crippen molar-refractivity contribution >= 4 is 11.5 Å². The maximum atomic E-state index is 10.8. The molecule has 0 bridgehead atoms. The summed E-state index contributed by atoms with van der Waals surface area (Å²) in [6.07, 6.45) is 1.16. The van der Waals surface area contributed by atoms with E-state index in [9.17, 15) is 10.1 Å². The lowest BCUT2D eigenvalue weighted by molar-refractivity contribution is -0.391. The van der Waals surface area contributed by atoms with Crippen LogP contribution < -0.4 is 4.74 Å². The monoisotopic (exact) mass is 275 g/mol. The SMILES string of the molecule is COc1ccc2nnc(-c3ncc([N+](=O)[O-])n3C)n2n1. The lowest BCUT2D eigenvalue weighted by Crippen LogP contribution is -2.03. The van der Waals surface area contributed by atoms with Gasteiger partial charge < -0.3 is 14.9 Å². The van der Waals surface area contributed by atoms with Crippen LogP contribution in [0.15, 0.2) is 18.3 Å². The van der Waals surface area contributed by atoms with Crippen LogP contribution in [-0.4, -0.2) is 41.4 Å². The number of hydrogen-bond acceptors (Lipinski definition) is 7. The summed E-state index contributed by atoms with van der Waals surface area (Å²) in [5.74, 6) is 0.835. The topological polar surface area (TPSA) is 113 Å². The first-order chi connectivity index (χ1) is 9.61. The number of hydrogen-bond donors (Lipinski definition) is 0. The molecule has 3 aromatic heterocycles. The third-order valence-electron chi connectivity index (χ3n) is 2.80. The van der Waals surface area contributed by atoms with Crippen LogP contribution in [0.2, 0.25) is 0 Å². The highest BCUT2D eigenvalue weighted by molar-refractivity contribution is 5.53. The Morgan fingerprint density at radius 2 is 2.10 bits per heavy atom. The summed E-state index contributed by atoms with van der Waals surface area (Å²) in [5.41, 5.74) is 0.492. The fraction of sp³-hybridized carbons (Fsp3) is 0.200. The minimum absolute atomic E-state index is 0.139. The summed E-state index contributed by atoms with van der Waals surface area (Å²) in [4.78, 5) is 14.3. The molecule has 0 N–H and O–H groups in total. The fourth-order valence-corrected chi connectivity index (χ4v) is 1.80. The third kappa shape index (κ3) is 1.66. The first kappa shape index (κ1) is 12.0. The molecular weight excluding hydrogens is 266 g/mol. The summed E-state index contributed by atoms with van der Waals surface area (Å²) in [5, 5.41) is 22.9. The smallest absolute Gasteiger partial charge is 0.343 e. The van der Waals surface area contributed by atoms with Gasteiger partial charge >= 0.3 is 5.82 Å². The maximum absolute atomic E-state index is 10.8. The molecule has 0 saturated carbocycles. The first-order valence-electron chi connectivity index (χ1n) is 5.54. The predicted octanol–water partition coefficient (Wildman–Crippen LogP) is 0.442. The highest BCUT2D eigenvalue weighted by atomic mass is 16.6. The van der Waals surface area contributed by atoms with E-state index in [4.69, 9.17) is 4.74 Å². The molecule has 102 valence electrons. The molecule has 10 heteroatoms. The van der Waals surface area contributed by atoms with Crippen LogP contribution in [0.5, 0.6) is 5.88 Å². The van der Waals surface area contributed by atoms with Crippen molar-refractivity contribution in [1.29, 1.82) is 0 Å². The molecule has 0 aliphatic heterocycles. The number of nitro groups is 1. The summed E-state index contributed by atoms with van der Waals surface area (Å²) in [7, 11) is 3.02. The van der Waals surface area contributed by atoms with Gasteiger partial charge in [0, 0.05) is 6.07 Å². The van der Waals surface area contributed by atoms with Gasteiger partial charge in [-0.25, -0.2) is 9.55 Å². The van der Waals surface area contributed by atoms with E-state index in [-0.39, 0.29) is 5.82 Å². The lowest BCUT2D eigenvalue weighted by Gasteiger charge is -2.00.